The average Bonchev–Trinajstić information content (AvgIpc) is 3.23. The van der Waals surface area contributed by atoms with Gasteiger partial charge in [0.05, 0.1) is 0 Å². The van der Waals surface area contributed by atoms with Crippen LogP contribution in [-0.2, 0) is 13.0 Å². The summed E-state index contributed by atoms with van der Waals surface area (Å²) in [6.45, 7) is 4.89. The second-order valence-corrected chi connectivity index (χ2v) is 7.15. The van der Waals surface area contributed by atoms with Crippen molar-refractivity contribution in [3.63, 3.8) is 0 Å². The fraction of sp³-hybridized carbons (Fsp3) is 0.273. The van der Waals surface area contributed by atoms with Gasteiger partial charge in [-0.25, -0.2) is 4.98 Å². The van der Waals surface area contributed by atoms with Crippen LogP contribution in [0.25, 0.3) is 11.4 Å². The van der Waals surface area contributed by atoms with Crippen LogP contribution < -0.4 is 5.32 Å². The second-order valence-electron chi connectivity index (χ2n) is 7.15. The predicted molar refractivity (Wildman–Crippen MR) is 106 cm³/mol. The van der Waals surface area contributed by atoms with Gasteiger partial charge in [-0.3, -0.25) is 9.69 Å². The van der Waals surface area contributed by atoms with Crippen LogP contribution in [0, 0.1) is 0 Å². The summed E-state index contributed by atoms with van der Waals surface area (Å²) in [5.41, 5.74) is 4.40. The molecule has 27 heavy (non-hydrogen) atoms. The highest BCUT2D eigenvalue weighted by molar-refractivity contribution is 5.95. The molecule has 1 aliphatic rings. The van der Waals surface area contributed by atoms with Gasteiger partial charge < -0.3 is 10.3 Å². The average molecular weight is 360 g/mol. The summed E-state index contributed by atoms with van der Waals surface area (Å²) in [4.78, 5) is 22.4. The Morgan fingerprint density at radius 3 is 2.89 bits per heavy atom. The van der Waals surface area contributed by atoms with E-state index in [0.29, 0.717) is 5.56 Å². The standard InChI is InChI=1S/C22H24N4O/c1-16(14-26-12-9-17-5-2-3-6-20(17)15-26)25-22(27)19-8-4-7-18(13-19)21-23-10-11-24-21/h2-8,10-11,13,16H,9,12,14-15H2,1H3,(H,23,24)(H,25,27). The largest absolute Gasteiger partial charge is 0.348 e. The number of hydrogen-bond acceptors (Lipinski definition) is 3. The van der Waals surface area contributed by atoms with Crippen LogP contribution in [0.5, 0.6) is 0 Å². The molecule has 3 aromatic rings. The molecule has 4 rings (SSSR count). The molecule has 1 aliphatic heterocycles. The van der Waals surface area contributed by atoms with E-state index in [2.05, 4.69) is 51.4 Å². The summed E-state index contributed by atoms with van der Waals surface area (Å²) in [6, 6.07) is 16.2. The first kappa shape index (κ1) is 17.5. The van der Waals surface area contributed by atoms with Crippen LogP contribution in [0.2, 0.25) is 0 Å². The summed E-state index contributed by atoms with van der Waals surface area (Å²) < 4.78 is 0. The summed E-state index contributed by atoms with van der Waals surface area (Å²) >= 11 is 0. The Hall–Kier alpha value is -2.92. The molecule has 1 amide bonds. The molecule has 138 valence electrons. The Morgan fingerprint density at radius 1 is 1.22 bits per heavy atom. The third kappa shape index (κ3) is 4.09. The van der Waals surface area contributed by atoms with Gasteiger partial charge in [0, 0.05) is 49.2 Å². The van der Waals surface area contributed by atoms with Crippen molar-refractivity contribution in [2.75, 3.05) is 13.1 Å². The van der Waals surface area contributed by atoms with Crippen molar-refractivity contribution >= 4 is 5.91 Å². The zero-order valence-electron chi connectivity index (χ0n) is 15.5. The van der Waals surface area contributed by atoms with Crippen LogP contribution in [0.3, 0.4) is 0 Å². The molecule has 5 heteroatoms. The molecule has 0 aliphatic carbocycles. The summed E-state index contributed by atoms with van der Waals surface area (Å²) in [5.74, 6) is 0.720. The van der Waals surface area contributed by atoms with Crippen molar-refractivity contribution in [2.24, 2.45) is 0 Å². The number of fused-ring (bicyclic) bond motifs is 1. The third-order valence-corrected chi connectivity index (χ3v) is 5.02. The molecule has 1 unspecified atom stereocenters. The third-order valence-electron chi connectivity index (χ3n) is 5.02. The van der Waals surface area contributed by atoms with Crippen molar-refractivity contribution < 1.29 is 4.79 Å². The van der Waals surface area contributed by atoms with Gasteiger partial charge in [0.15, 0.2) is 0 Å². The van der Waals surface area contributed by atoms with Crippen molar-refractivity contribution in [3.05, 3.63) is 77.6 Å². The van der Waals surface area contributed by atoms with Crippen LogP contribution in [0.15, 0.2) is 60.9 Å². The van der Waals surface area contributed by atoms with Gasteiger partial charge >= 0.3 is 0 Å². The van der Waals surface area contributed by atoms with Gasteiger partial charge in [-0.15, -0.1) is 0 Å². The highest BCUT2D eigenvalue weighted by Crippen LogP contribution is 2.19. The first-order chi connectivity index (χ1) is 13.2. The van der Waals surface area contributed by atoms with Crippen LogP contribution >= 0.6 is 0 Å². The number of hydrogen-bond donors (Lipinski definition) is 2. The molecule has 2 aromatic carbocycles. The number of amides is 1. The van der Waals surface area contributed by atoms with E-state index in [4.69, 9.17) is 0 Å². The summed E-state index contributed by atoms with van der Waals surface area (Å²) in [6.07, 6.45) is 4.56. The lowest BCUT2D eigenvalue weighted by Gasteiger charge is -2.31. The van der Waals surface area contributed by atoms with Gasteiger partial charge in [0.1, 0.15) is 5.82 Å². The maximum atomic E-state index is 12.7. The first-order valence-electron chi connectivity index (χ1n) is 9.39. The molecule has 0 bridgehead atoms. The Kier molecular flexibility index (Phi) is 5.03. The molecule has 0 fully saturated rings. The fourth-order valence-corrected chi connectivity index (χ4v) is 3.68. The number of rotatable bonds is 5. The van der Waals surface area contributed by atoms with Crippen molar-refractivity contribution in [1.29, 1.82) is 0 Å². The van der Waals surface area contributed by atoms with E-state index in [-0.39, 0.29) is 11.9 Å². The van der Waals surface area contributed by atoms with Gasteiger partial charge in [-0.2, -0.15) is 0 Å². The van der Waals surface area contributed by atoms with E-state index < -0.39 is 0 Å². The van der Waals surface area contributed by atoms with E-state index in [1.54, 1.807) is 12.4 Å². The van der Waals surface area contributed by atoms with Crippen molar-refractivity contribution in [2.45, 2.75) is 25.9 Å². The predicted octanol–water partition coefficient (Wildman–Crippen LogP) is 3.25. The topological polar surface area (TPSA) is 61.0 Å². The minimum atomic E-state index is -0.0479. The summed E-state index contributed by atoms with van der Waals surface area (Å²) in [7, 11) is 0. The molecule has 0 saturated carbocycles. The molecule has 2 N–H and O–H groups in total. The van der Waals surface area contributed by atoms with E-state index in [1.807, 2.05) is 24.3 Å². The number of carbonyl (C=O) groups excluding carboxylic acids is 1. The number of aromatic nitrogens is 2. The van der Waals surface area contributed by atoms with Gasteiger partial charge in [0.25, 0.3) is 5.91 Å². The molecule has 1 atom stereocenters. The van der Waals surface area contributed by atoms with Crippen LogP contribution in [0.1, 0.15) is 28.4 Å². The molecule has 1 aromatic heterocycles. The van der Waals surface area contributed by atoms with E-state index in [0.717, 1.165) is 37.4 Å². The van der Waals surface area contributed by atoms with Crippen LogP contribution in [-0.4, -0.2) is 39.9 Å². The Labute approximate surface area is 159 Å². The highest BCUT2D eigenvalue weighted by Gasteiger charge is 2.19. The van der Waals surface area contributed by atoms with Crippen molar-refractivity contribution in [3.8, 4) is 11.4 Å². The fourth-order valence-electron chi connectivity index (χ4n) is 3.68. The lowest BCUT2D eigenvalue weighted by molar-refractivity contribution is 0.0927. The lowest BCUT2D eigenvalue weighted by atomic mass is 9.99. The maximum Gasteiger partial charge on any atom is 0.251 e. The molecule has 2 heterocycles. The number of H-pyrrole nitrogens is 1. The van der Waals surface area contributed by atoms with Crippen molar-refractivity contribution in [1.82, 2.24) is 20.2 Å². The minimum Gasteiger partial charge on any atom is -0.348 e. The quantitative estimate of drug-likeness (QED) is 0.734. The molecular weight excluding hydrogens is 336 g/mol. The number of nitrogens with zero attached hydrogens (tertiary/aromatic N) is 2. The second kappa shape index (κ2) is 7.76. The van der Waals surface area contributed by atoms with Gasteiger partial charge in [-0.05, 0) is 36.6 Å². The van der Waals surface area contributed by atoms with E-state index in [1.165, 1.54) is 11.1 Å². The Bertz CT molecular complexity index is 920. The molecule has 0 spiro atoms. The number of imidazole rings is 1. The van der Waals surface area contributed by atoms with Gasteiger partial charge in [0.2, 0.25) is 0 Å². The molecule has 0 radical (unpaired) electrons. The SMILES string of the molecule is CC(CN1CCc2ccccc2C1)NC(=O)c1cccc(-c2ncc[nH]2)c1. The van der Waals surface area contributed by atoms with E-state index in [9.17, 15) is 4.79 Å². The summed E-state index contributed by atoms with van der Waals surface area (Å²) in [5, 5.41) is 3.13. The number of benzene rings is 2. The number of aromatic amines is 1. The number of carbonyl (C=O) groups is 1. The number of nitrogens with one attached hydrogen (secondary N) is 2. The monoisotopic (exact) mass is 360 g/mol. The van der Waals surface area contributed by atoms with Crippen LogP contribution in [0.4, 0.5) is 0 Å². The normalized spacial score (nSPS) is 15.1. The smallest absolute Gasteiger partial charge is 0.251 e. The highest BCUT2D eigenvalue weighted by atomic mass is 16.1. The Balaban J connectivity index is 1.37. The zero-order valence-corrected chi connectivity index (χ0v) is 15.5. The lowest BCUT2D eigenvalue weighted by Crippen LogP contribution is -2.43. The van der Waals surface area contributed by atoms with Gasteiger partial charge in [-0.1, -0.05) is 36.4 Å². The molecule has 5 nitrogen and oxygen atoms in total. The van der Waals surface area contributed by atoms with E-state index >= 15 is 0 Å². The zero-order chi connectivity index (χ0) is 18.6. The minimum absolute atomic E-state index is 0.0479. The Morgan fingerprint density at radius 2 is 2.07 bits per heavy atom. The maximum absolute atomic E-state index is 12.7. The molecule has 0 saturated heterocycles. The first-order valence-corrected chi connectivity index (χ1v) is 9.39. The molecular formula is C22H24N4O.